The lowest BCUT2D eigenvalue weighted by Gasteiger charge is -2.03. The van der Waals surface area contributed by atoms with E-state index in [-0.39, 0.29) is 6.42 Å². The number of nitrogens with zero attached hydrogens (tertiary/aromatic N) is 1. The van der Waals surface area contributed by atoms with Gasteiger partial charge in [-0.25, -0.2) is 4.37 Å². The number of carboxylic acids is 1. The van der Waals surface area contributed by atoms with Gasteiger partial charge < -0.3 is 10.8 Å². The van der Waals surface area contributed by atoms with Crippen LogP contribution in [0, 0.1) is 0 Å². The quantitative estimate of drug-likeness (QED) is 0.700. The molecule has 0 aliphatic carbocycles. The molecule has 0 amide bonds. The van der Waals surface area contributed by atoms with Gasteiger partial charge in [0, 0.05) is 23.2 Å². The molecule has 1 unspecified atom stereocenters. The van der Waals surface area contributed by atoms with E-state index in [2.05, 4.69) is 4.37 Å². The van der Waals surface area contributed by atoms with E-state index in [0.717, 1.165) is 5.56 Å². The van der Waals surface area contributed by atoms with E-state index < -0.39 is 12.0 Å². The molecule has 1 rings (SSSR count). The Morgan fingerprint density at radius 3 is 3.09 bits per heavy atom. The predicted molar refractivity (Wildman–Crippen MR) is 41.3 cm³/mol. The topological polar surface area (TPSA) is 76.2 Å². The molecule has 5 heteroatoms. The summed E-state index contributed by atoms with van der Waals surface area (Å²) in [6.07, 6.45) is 1.55. The molecule has 1 aromatic rings. The summed E-state index contributed by atoms with van der Waals surface area (Å²) in [6, 6.07) is -0.425. The zero-order valence-electron chi connectivity index (χ0n) is 5.73. The van der Waals surface area contributed by atoms with Crippen molar-refractivity contribution < 1.29 is 9.90 Å². The van der Waals surface area contributed by atoms with Gasteiger partial charge in [0.15, 0.2) is 0 Å². The third-order valence-corrected chi connectivity index (χ3v) is 1.88. The maximum atomic E-state index is 10.2. The van der Waals surface area contributed by atoms with E-state index in [1.807, 2.05) is 0 Å². The minimum atomic E-state index is -0.885. The van der Waals surface area contributed by atoms with Gasteiger partial charge in [-0.2, -0.15) is 0 Å². The molecule has 11 heavy (non-hydrogen) atoms. The Bertz CT molecular complexity index is 235. The Morgan fingerprint density at radius 2 is 2.64 bits per heavy atom. The van der Waals surface area contributed by atoms with Crippen LogP contribution in [-0.2, 0) is 4.79 Å². The lowest BCUT2D eigenvalue weighted by molar-refractivity contribution is -0.137. The highest BCUT2D eigenvalue weighted by atomic mass is 32.1. The standard InChI is InChI=1S/C6H8N2O2S/c7-5(1-6(9)10)4-2-8-11-3-4/h2-3,5H,1,7H2,(H,9,10). The Balaban J connectivity index is 2.56. The zero-order valence-corrected chi connectivity index (χ0v) is 6.54. The molecular formula is C6H8N2O2S. The molecule has 0 saturated carbocycles. The molecule has 4 nitrogen and oxygen atoms in total. The predicted octanol–water partition coefficient (Wildman–Crippen LogP) is 0.618. The van der Waals surface area contributed by atoms with Crippen molar-refractivity contribution in [3.05, 3.63) is 17.1 Å². The molecule has 3 N–H and O–H groups in total. The number of rotatable bonds is 3. The smallest absolute Gasteiger partial charge is 0.305 e. The van der Waals surface area contributed by atoms with Crippen LogP contribution in [0.1, 0.15) is 18.0 Å². The molecule has 1 aromatic heterocycles. The summed E-state index contributed by atoms with van der Waals surface area (Å²) in [5.41, 5.74) is 6.32. The molecule has 0 radical (unpaired) electrons. The molecular weight excluding hydrogens is 164 g/mol. The van der Waals surface area contributed by atoms with Crippen molar-refractivity contribution in [2.75, 3.05) is 0 Å². The van der Waals surface area contributed by atoms with Crippen molar-refractivity contribution in [2.45, 2.75) is 12.5 Å². The summed E-state index contributed by atoms with van der Waals surface area (Å²) < 4.78 is 3.82. The van der Waals surface area contributed by atoms with Gasteiger partial charge in [0.2, 0.25) is 0 Å². The Kier molecular flexibility index (Phi) is 2.56. The van der Waals surface area contributed by atoms with Crippen LogP contribution >= 0.6 is 11.5 Å². The molecule has 60 valence electrons. The fourth-order valence-electron chi connectivity index (χ4n) is 0.702. The van der Waals surface area contributed by atoms with Crippen molar-refractivity contribution in [3.63, 3.8) is 0 Å². The number of aliphatic carboxylic acids is 1. The lowest BCUT2D eigenvalue weighted by Crippen LogP contribution is -2.14. The average Bonchev–Trinajstić information content (AvgIpc) is 2.35. The van der Waals surface area contributed by atoms with Gasteiger partial charge in [0.1, 0.15) is 0 Å². The van der Waals surface area contributed by atoms with Crippen LogP contribution in [0.2, 0.25) is 0 Å². The van der Waals surface area contributed by atoms with Gasteiger partial charge in [0.25, 0.3) is 0 Å². The second-order valence-electron chi connectivity index (χ2n) is 2.16. The van der Waals surface area contributed by atoms with Crippen LogP contribution in [0.15, 0.2) is 11.6 Å². The van der Waals surface area contributed by atoms with Gasteiger partial charge in [0.05, 0.1) is 6.42 Å². The average molecular weight is 172 g/mol. The van der Waals surface area contributed by atoms with Crippen LogP contribution in [0.5, 0.6) is 0 Å². The largest absolute Gasteiger partial charge is 0.481 e. The van der Waals surface area contributed by atoms with E-state index in [0.29, 0.717) is 0 Å². The summed E-state index contributed by atoms with van der Waals surface area (Å²) in [4.78, 5) is 10.2. The fourth-order valence-corrected chi connectivity index (χ4v) is 1.30. The minimum Gasteiger partial charge on any atom is -0.481 e. The van der Waals surface area contributed by atoms with Crippen molar-refractivity contribution in [1.29, 1.82) is 0 Å². The van der Waals surface area contributed by atoms with Gasteiger partial charge in [-0.05, 0) is 11.5 Å². The van der Waals surface area contributed by atoms with Gasteiger partial charge in [-0.15, -0.1) is 0 Å². The molecule has 0 saturated heterocycles. The van der Waals surface area contributed by atoms with Crippen LogP contribution in [0.4, 0.5) is 0 Å². The number of hydrogen-bond acceptors (Lipinski definition) is 4. The number of aromatic nitrogens is 1. The molecule has 0 aromatic carbocycles. The minimum absolute atomic E-state index is 0.0432. The third kappa shape index (κ3) is 2.28. The molecule has 0 spiro atoms. The Morgan fingerprint density at radius 1 is 1.91 bits per heavy atom. The first-order valence-corrected chi connectivity index (χ1v) is 3.90. The summed E-state index contributed by atoms with van der Waals surface area (Å²) in [6.45, 7) is 0. The van der Waals surface area contributed by atoms with Gasteiger partial charge in [-0.1, -0.05) is 0 Å². The van der Waals surface area contributed by atoms with E-state index in [4.69, 9.17) is 10.8 Å². The third-order valence-electron chi connectivity index (χ3n) is 1.27. The SMILES string of the molecule is NC(CC(=O)O)c1cnsc1. The highest BCUT2D eigenvalue weighted by molar-refractivity contribution is 7.03. The fraction of sp³-hybridized carbons (Fsp3) is 0.333. The van der Waals surface area contributed by atoms with Crippen molar-refractivity contribution in [1.82, 2.24) is 4.37 Å². The molecule has 0 aliphatic heterocycles. The lowest BCUT2D eigenvalue weighted by atomic mass is 10.1. The first-order valence-electron chi connectivity index (χ1n) is 3.07. The number of carbonyl (C=O) groups is 1. The molecule has 0 aliphatic rings. The van der Waals surface area contributed by atoms with Crippen LogP contribution < -0.4 is 5.73 Å². The molecule has 0 bridgehead atoms. The summed E-state index contributed by atoms with van der Waals surface area (Å²) in [7, 11) is 0. The van der Waals surface area contributed by atoms with Crippen LogP contribution in [0.25, 0.3) is 0 Å². The second-order valence-corrected chi connectivity index (χ2v) is 2.82. The van der Waals surface area contributed by atoms with Crippen LogP contribution in [-0.4, -0.2) is 15.4 Å². The first kappa shape index (κ1) is 8.16. The Labute approximate surface area is 67.8 Å². The van der Waals surface area contributed by atoms with Gasteiger partial charge in [-0.3, -0.25) is 4.79 Å². The van der Waals surface area contributed by atoms with E-state index in [1.54, 1.807) is 11.6 Å². The normalized spacial score (nSPS) is 12.8. The summed E-state index contributed by atoms with van der Waals surface area (Å²) in [5, 5.41) is 10.1. The molecule has 0 fully saturated rings. The van der Waals surface area contributed by atoms with E-state index in [9.17, 15) is 4.79 Å². The van der Waals surface area contributed by atoms with Crippen molar-refractivity contribution >= 4 is 17.5 Å². The molecule has 1 atom stereocenters. The van der Waals surface area contributed by atoms with E-state index >= 15 is 0 Å². The van der Waals surface area contributed by atoms with Crippen molar-refractivity contribution in [3.8, 4) is 0 Å². The highest BCUT2D eigenvalue weighted by Crippen LogP contribution is 2.14. The second kappa shape index (κ2) is 3.45. The van der Waals surface area contributed by atoms with E-state index in [1.165, 1.54) is 11.5 Å². The molecule has 1 heterocycles. The zero-order chi connectivity index (χ0) is 8.27. The van der Waals surface area contributed by atoms with Crippen molar-refractivity contribution in [2.24, 2.45) is 5.73 Å². The summed E-state index contributed by atoms with van der Waals surface area (Å²) in [5.74, 6) is -0.885. The number of hydrogen-bond donors (Lipinski definition) is 2. The number of carboxylic acid groups (broad SMARTS) is 1. The monoisotopic (exact) mass is 172 g/mol. The van der Waals surface area contributed by atoms with Crippen LogP contribution in [0.3, 0.4) is 0 Å². The number of nitrogens with two attached hydrogens (primary N) is 1. The first-order chi connectivity index (χ1) is 5.20. The van der Waals surface area contributed by atoms with Gasteiger partial charge >= 0.3 is 5.97 Å². The summed E-state index contributed by atoms with van der Waals surface area (Å²) >= 11 is 1.27. The highest BCUT2D eigenvalue weighted by Gasteiger charge is 2.10. The maximum absolute atomic E-state index is 10.2. The Hall–Kier alpha value is -0.940. The maximum Gasteiger partial charge on any atom is 0.305 e.